The molecule has 0 amide bonds. The zero-order valence-electron chi connectivity index (χ0n) is 16.2. The van der Waals surface area contributed by atoms with E-state index < -0.39 is 6.36 Å². The third-order valence-electron chi connectivity index (χ3n) is 5.75. The predicted octanol–water partition coefficient (Wildman–Crippen LogP) is 5.88. The Bertz CT molecular complexity index is 928. The summed E-state index contributed by atoms with van der Waals surface area (Å²) in [7, 11) is 0. The van der Waals surface area contributed by atoms with Crippen molar-refractivity contribution >= 4 is 10.9 Å². The maximum atomic E-state index is 12.5. The quantitative estimate of drug-likeness (QED) is 0.558. The number of H-pyrrole nitrogens is 1. The summed E-state index contributed by atoms with van der Waals surface area (Å²) in [5.41, 5.74) is 3.30. The van der Waals surface area contributed by atoms with Crippen molar-refractivity contribution in [3.63, 3.8) is 0 Å². The van der Waals surface area contributed by atoms with Crippen molar-refractivity contribution in [1.29, 1.82) is 0 Å². The summed E-state index contributed by atoms with van der Waals surface area (Å²) in [6.45, 7) is 3.20. The van der Waals surface area contributed by atoms with Crippen LogP contribution in [0, 0.1) is 0 Å². The zero-order chi connectivity index (χ0) is 20.3. The summed E-state index contributed by atoms with van der Waals surface area (Å²) in [6, 6.07) is 15.1. The van der Waals surface area contributed by atoms with Crippen molar-refractivity contribution in [1.82, 2.24) is 9.88 Å². The number of likely N-dealkylation sites (tertiary alicyclic amines) is 1. The number of benzene rings is 2. The molecule has 0 aliphatic carbocycles. The molecule has 2 heterocycles. The molecule has 1 aliphatic rings. The van der Waals surface area contributed by atoms with E-state index in [0.717, 1.165) is 48.9 Å². The molecule has 0 bridgehead atoms. The first-order chi connectivity index (χ1) is 14.0. The van der Waals surface area contributed by atoms with Gasteiger partial charge in [-0.2, -0.15) is 0 Å². The van der Waals surface area contributed by atoms with Gasteiger partial charge in [0.25, 0.3) is 0 Å². The molecular weight excluding hydrogens is 377 g/mol. The van der Waals surface area contributed by atoms with Crippen LogP contribution in [0.2, 0.25) is 0 Å². The van der Waals surface area contributed by atoms with Gasteiger partial charge >= 0.3 is 6.36 Å². The van der Waals surface area contributed by atoms with E-state index in [4.69, 9.17) is 0 Å². The minimum atomic E-state index is -4.67. The molecule has 6 heteroatoms. The number of hydrogen-bond donors (Lipinski definition) is 1. The molecule has 0 unspecified atom stereocenters. The third-order valence-corrected chi connectivity index (χ3v) is 5.75. The highest BCUT2D eigenvalue weighted by Crippen LogP contribution is 2.30. The Hall–Kier alpha value is -2.47. The molecule has 3 aromatic rings. The molecule has 29 heavy (non-hydrogen) atoms. The Morgan fingerprint density at radius 2 is 1.79 bits per heavy atom. The number of nitrogens with zero attached hydrogens (tertiary/aromatic N) is 1. The number of halogens is 3. The molecule has 0 radical (unpaired) electrons. The molecule has 2 aromatic carbocycles. The number of ether oxygens (including phenoxy) is 1. The minimum absolute atomic E-state index is 0.172. The average molecular weight is 402 g/mol. The van der Waals surface area contributed by atoms with Gasteiger partial charge < -0.3 is 14.6 Å². The van der Waals surface area contributed by atoms with E-state index in [1.165, 1.54) is 30.5 Å². The van der Waals surface area contributed by atoms with Gasteiger partial charge in [0, 0.05) is 17.1 Å². The highest BCUT2D eigenvalue weighted by Gasteiger charge is 2.31. The molecule has 1 saturated heterocycles. The first kappa shape index (κ1) is 19.8. The largest absolute Gasteiger partial charge is 0.573 e. The number of hydrogen-bond acceptors (Lipinski definition) is 2. The molecule has 1 aromatic heterocycles. The van der Waals surface area contributed by atoms with Gasteiger partial charge in [0.15, 0.2) is 0 Å². The number of alkyl halides is 3. The van der Waals surface area contributed by atoms with E-state index in [2.05, 4.69) is 45.0 Å². The standard InChI is InChI=1S/C23H25F3N2O/c24-23(25,26)29-20-8-9-22-21(15-20)19(16-27-22)7-4-12-28-13-10-18(11-14-28)17-5-2-1-3-6-17/h1-3,5-6,8-9,15-16,18,27H,4,7,10-14H2. The summed E-state index contributed by atoms with van der Waals surface area (Å²) in [4.78, 5) is 5.63. The van der Waals surface area contributed by atoms with Crippen LogP contribution >= 0.6 is 0 Å². The van der Waals surface area contributed by atoms with Crippen LogP contribution in [0.4, 0.5) is 13.2 Å². The monoisotopic (exact) mass is 402 g/mol. The minimum Gasteiger partial charge on any atom is -0.406 e. The lowest BCUT2D eigenvalue weighted by Crippen LogP contribution is -2.33. The van der Waals surface area contributed by atoms with Gasteiger partial charge in [-0.3, -0.25) is 0 Å². The topological polar surface area (TPSA) is 28.3 Å². The van der Waals surface area contributed by atoms with Crippen LogP contribution < -0.4 is 4.74 Å². The van der Waals surface area contributed by atoms with Gasteiger partial charge in [0.1, 0.15) is 5.75 Å². The molecule has 0 saturated carbocycles. The highest BCUT2D eigenvalue weighted by molar-refractivity contribution is 5.84. The van der Waals surface area contributed by atoms with Crippen LogP contribution in [0.15, 0.2) is 54.7 Å². The number of nitrogens with one attached hydrogen (secondary N) is 1. The SMILES string of the molecule is FC(F)(F)Oc1ccc2[nH]cc(CCCN3CCC(c4ccccc4)CC3)c2c1. The molecule has 1 aliphatic heterocycles. The van der Waals surface area contributed by atoms with E-state index in [9.17, 15) is 13.2 Å². The van der Waals surface area contributed by atoms with Crippen LogP contribution in [0.1, 0.15) is 36.3 Å². The van der Waals surface area contributed by atoms with Gasteiger partial charge in [-0.15, -0.1) is 13.2 Å². The number of aryl methyl sites for hydroxylation is 1. The van der Waals surface area contributed by atoms with Gasteiger partial charge in [0.05, 0.1) is 0 Å². The number of aromatic nitrogens is 1. The zero-order valence-corrected chi connectivity index (χ0v) is 16.2. The van der Waals surface area contributed by atoms with E-state index in [1.807, 2.05) is 6.20 Å². The summed E-state index contributed by atoms with van der Waals surface area (Å²) in [5, 5.41) is 0.800. The summed E-state index contributed by atoms with van der Waals surface area (Å²) in [5.74, 6) is 0.474. The van der Waals surface area contributed by atoms with E-state index in [-0.39, 0.29) is 5.75 Å². The highest BCUT2D eigenvalue weighted by atomic mass is 19.4. The molecule has 0 atom stereocenters. The average Bonchev–Trinajstić information content (AvgIpc) is 3.10. The second kappa shape index (κ2) is 8.49. The van der Waals surface area contributed by atoms with Crippen molar-refractivity contribution in [2.45, 2.75) is 38.0 Å². The van der Waals surface area contributed by atoms with Crippen LogP contribution in [0.5, 0.6) is 5.75 Å². The molecule has 3 nitrogen and oxygen atoms in total. The lowest BCUT2D eigenvalue weighted by Gasteiger charge is -2.32. The second-order valence-corrected chi connectivity index (χ2v) is 7.70. The summed E-state index contributed by atoms with van der Waals surface area (Å²) < 4.78 is 41.5. The third kappa shape index (κ3) is 5.12. The van der Waals surface area contributed by atoms with Crippen molar-refractivity contribution < 1.29 is 17.9 Å². The van der Waals surface area contributed by atoms with Crippen LogP contribution in [0.25, 0.3) is 10.9 Å². The first-order valence-electron chi connectivity index (χ1n) is 10.1. The molecule has 154 valence electrons. The molecular formula is C23H25F3N2O. The number of rotatable bonds is 6. The molecule has 1 fully saturated rings. The Labute approximate surface area is 168 Å². The number of aromatic amines is 1. The van der Waals surface area contributed by atoms with Crippen molar-refractivity contribution in [3.8, 4) is 5.75 Å². The van der Waals surface area contributed by atoms with Gasteiger partial charge in [-0.25, -0.2) is 0 Å². The van der Waals surface area contributed by atoms with Gasteiger partial charge in [-0.1, -0.05) is 30.3 Å². The van der Waals surface area contributed by atoms with Gasteiger partial charge in [-0.05, 0) is 80.6 Å². The predicted molar refractivity (Wildman–Crippen MR) is 108 cm³/mol. The van der Waals surface area contributed by atoms with E-state index >= 15 is 0 Å². The lowest BCUT2D eigenvalue weighted by molar-refractivity contribution is -0.274. The molecule has 1 N–H and O–H groups in total. The van der Waals surface area contributed by atoms with Gasteiger partial charge in [0.2, 0.25) is 0 Å². The number of piperidine rings is 1. The van der Waals surface area contributed by atoms with Crippen molar-refractivity contribution in [2.75, 3.05) is 19.6 Å². The van der Waals surface area contributed by atoms with Crippen molar-refractivity contribution in [2.24, 2.45) is 0 Å². The first-order valence-corrected chi connectivity index (χ1v) is 10.1. The fourth-order valence-electron chi connectivity index (χ4n) is 4.27. The van der Waals surface area contributed by atoms with Crippen LogP contribution in [-0.2, 0) is 6.42 Å². The second-order valence-electron chi connectivity index (χ2n) is 7.70. The molecule has 0 spiro atoms. The normalized spacial score (nSPS) is 16.4. The fraction of sp³-hybridized carbons (Fsp3) is 0.391. The maximum Gasteiger partial charge on any atom is 0.573 e. The Kier molecular flexibility index (Phi) is 5.81. The Morgan fingerprint density at radius 1 is 1.03 bits per heavy atom. The summed E-state index contributed by atoms with van der Waals surface area (Å²) >= 11 is 0. The van der Waals surface area contributed by atoms with Crippen LogP contribution in [0.3, 0.4) is 0 Å². The van der Waals surface area contributed by atoms with E-state index in [0.29, 0.717) is 5.92 Å². The fourth-order valence-corrected chi connectivity index (χ4v) is 4.27. The molecule has 4 rings (SSSR count). The van der Waals surface area contributed by atoms with Crippen molar-refractivity contribution in [3.05, 3.63) is 65.9 Å². The Balaban J connectivity index is 1.30. The maximum absolute atomic E-state index is 12.5. The Morgan fingerprint density at radius 3 is 2.52 bits per heavy atom. The smallest absolute Gasteiger partial charge is 0.406 e. The lowest BCUT2D eigenvalue weighted by atomic mass is 9.89. The van der Waals surface area contributed by atoms with Crippen LogP contribution in [-0.4, -0.2) is 35.9 Å². The van der Waals surface area contributed by atoms with E-state index in [1.54, 1.807) is 6.07 Å². The number of fused-ring (bicyclic) bond motifs is 1. The summed E-state index contributed by atoms with van der Waals surface area (Å²) in [6.07, 6.45) is 1.38.